The summed E-state index contributed by atoms with van der Waals surface area (Å²) in [4.78, 5) is 0. The molecule has 2 rings (SSSR count). The highest BCUT2D eigenvalue weighted by Crippen LogP contribution is 2.38. The first-order valence-electron chi connectivity index (χ1n) is 6.11. The lowest BCUT2D eigenvalue weighted by Crippen LogP contribution is -1.91. The van der Waals surface area contributed by atoms with E-state index in [-0.39, 0.29) is 0 Å². The van der Waals surface area contributed by atoms with Crippen molar-refractivity contribution in [2.45, 2.75) is 19.8 Å². The molecule has 100 valence electrons. The van der Waals surface area contributed by atoms with Crippen LogP contribution in [0.15, 0.2) is 36.4 Å². The number of hydrogen-bond acceptors (Lipinski definition) is 2. The van der Waals surface area contributed by atoms with E-state index in [1.807, 2.05) is 24.3 Å². The zero-order valence-corrected chi connectivity index (χ0v) is 12.1. The van der Waals surface area contributed by atoms with Crippen LogP contribution in [0.5, 0.6) is 11.5 Å². The summed E-state index contributed by atoms with van der Waals surface area (Å²) < 4.78 is 5.71. The van der Waals surface area contributed by atoms with Crippen LogP contribution in [-0.4, -0.2) is 0 Å². The van der Waals surface area contributed by atoms with Crippen LogP contribution in [0, 0.1) is 0 Å². The summed E-state index contributed by atoms with van der Waals surface area (Å²) in [6.07, 6.45) is 2.18. The Morgan fingerprint density at radius 3 is 2.16 bits per heavy atom. The quantitative estimate of drug-likeness (QED) is 0.775. The molecule has 0 bridgehead atoms. The van der Waals surface area contributed by atoms with Crippen LogP contribution in [0.2, 0.25) is 10.0 Å². The van der Waals surface area contributed by atoms with Gasteiger partial charge in [-0.3, -0.25) is 0 Å². The van der Waals surface area contributed by atoms with E-state index in [4.69, 9.17) is 33.7 Å². The molecule has 4 heteroatoms. The van der Waals surface area contributed by atoms with Crippen LogP contribution in [0.1, 0.15) is 18.9 Å². The van der Waals surface area contributed by atoms with Crippen LogP contribution >= 0.6 is 23.2 Å². The molecule has 0 aliphatic carbocycles. The average Bonchev–Trinajstić information content (AvgIpc) is 2.36. The first-order chi connectivity index (χ1) is 9.10. The van der Waals surface area contributed by atoms with E-state index in [0.717, 1.165) is 12.8 Å². The molecule has 0 aromatic heterocycles. The lowest BCUT2D eigenvalue weighted by Gasteiger charge is -2.10. The van der Waals surface area contributed by atoms with E-state index in [2.05, 4.69) is 6.92 Å². The van der Waals surface area contributed by atoms with Gasteiger partial charge in [-0.05, 0) is 36.2 Å². The number of rotatable bonds is 4. The van der Waals surface area contributed by atoms with Gasteiger partial charge in [0.05, 0.1) is 10.0 Å². The highest BCUT2D eigenvalue weighted by atomic mass is 35.5. The highest BCUT2D eigenvalue weighted by molar-refractivity contribution is 6.37. The lowest BCUT2D eigenvalue weighted by atomic mass is 10.1. The Kier molecular flexibility index (Phi) is 4.56. The number of ether oxygens (including phenoxy) is 1. The Labute approximate surface area is 123 Å². The second-order valence-electron chi connectivity index (χ2n) is 4.31. The van der Waals surface area contributed by atoms with Gasteiger partial charge < -0.3 is 10.5 Å². The fourth-order valence-corrected chi connectivity index (χ4v) is 2.39. The largest absolute Gasteiger partial charge is 0.454 e. The molecular weight excluding hydrogens is 281 g/mol. The predicted molar refractivity (Wildman–Crippen MR) is 81.4 cm³/mol. The Hall–Kier alpha value is -1.38. The number of aryl methyl sites for hydroxylation is 1. The molecule has 0 radical (unpaired) electrons. The van der Waals surface area contributed by atoms with Gasteiger partial charge in [-0.25, -0.2) is 0 Å². The molecule has 0 heterocycles. The Bertz CT molecular complexity index is 544. The maximum absolute atomic E-state index is 6.08. The van der Waals surface area contributed by atoms with E-state index in [1.165, 1.54) is 5.56 Å². The van der Waals surface area contributed by atoms with Gasteiger partial charge in [0.15, 0.2) is 5.75 Å². The number of halogens is 2. The molecule has 2 nitrogen and oxygen atoms in total. The minimum absolute atomic E-state index is 0.405. The van der Waals surface area contributed by atoms with Crippen molar-refractivity contribution < 1.29 is 4.74 Å². The normalized spacial score (nSPS) is 10.5. The predicted octanol–water partition coefficient (Wildman–Crippen LogP) is 5.32. The van der Waals surface area contributed by atoms with E-state index >= 15 is 0 Å². The molecule has 0 saturated heterocycles. The Morgan fingerprint density at radius 2 is 1.63 bits per heavy atom. The fraction of sp³-hybridized carbons (Fsp3) is 0.200. The van der Waals surface area contributed by atoms with Gasteiger partial charge >= 0.3 is 0 Å². The minimum Gasteiger partial charge on any atom is -0.454 e. The molecule has 0 atom stereocenters. The summed E-state index contributed by atoms with van der Waals surface area (Å²) in [5.74, 6) is 1.13. The molecule has 0 fully saturated rings. The second-order valence-corrected chi connectivity index (χ2v) is 5.12. The van der Waals surface area contributed by atoms with Crippen LogP contribution in [0.25, 0.3) is 0 Å². The monoisotopic (exact) mass is 295 g/mol. The maximum atomic E-state index is 6.08. The number of benzene rings is 2. The topological polar surface area (TPSA) is 35.2 Å². The maximum Gasteiger partial charge on any atom is 0.164 e. The van der Waals surface area contributed by atoms with Crippen LogP contribution in [0.4, 0.5) is 5.69 Å². The molecule has 2 N–H and O–H groups in total. The van der Waals surface area contributed by atoms with Gasteiger partial charge in [0.2, 0.25) is 0 Å². The molecule has 2 aromatic rings. The molecule has 0 spiro atoms. The molecule has 19 heavy (non-hydrogen) atoms. The standard InChI is InChI=1S/C15H15Cl2NO/c1-2-3-10-4-6-12(7-5-10)19-15-13(16)8-11(18)9-14(15)17/h4-9H,2-3,18H2,1H3. The van der Waals surface area contributed by atoms with Crippen LogP contribution < -0.4 is 10.5 Å². The third-order valence-electron chi connectivity index (χ3n) is 2.70. The van der Waals surface area contributed by atoms with Crippen molar-refractivity contribution in [1.82, 2.24) is 0 Å². The Morgan fingerprint density at radius 1 is 1.05 bits per heavy atom. The first-order valence-corrected chi connectivity index (χ1v) is 6.87. The van der Waals surface area contributed by atoms with Crippen molar-refractivity contribution in [2.75, 3.05) is 5.73 Å². The molecule has 0 aliphatic heterocycles. The highest BCUT2D eigenvalue weighted by Gasteiger charge is 2.09. The van der Waals surface area contributed by atoms with E-state index < -0.39 is 0 Å². The van der Waals surface area contributed by atoms with Crippen LogP contribution in [-0.2, 0) is 6.42 Å². The van der Waals surface area contributed by atoms with Gasteiger partial charge in [-0.15, -0.1) is 0 Å². The smallest absolute Gasteiger partial charge is 0.164 e. The summed E-state index contributed by atoms with van der Waals surface area (Å²) in [7, 11) is 0. The van der Waals surface area contributed by atoms with Crippen molar-refractivity contribution in [3.63, 3.8) is 0 Å². The van der Waals surface area contributed by atoms with Crippen molar-refractivity contribution >= 4 is 28.9 Å². The van der Waals surface area contributed by atoms with Gasteiger partial charge in [0.1, 0.15) is 5.75 Å². The third kappa shape index (κ3) is 3.55. The van der Waals surface area contributed by atoms with Crippen molar-refractivity contribution in [3.05, 3.63) is 52.0 Å². The second kappa shape index (κ2) is 6.18. The zero-order chi connectivity index (χ0) is 13.8. The van der Waals surface area contributed by atoms with Gasteiger partial charge in [0.25, 0.3) is 0 Å². The molecule has 0 aliphatic rings. The van der Waals surface area contributed by atoms with E-state index in [1.54, 1.807) is 12.1 Å². The number of nitrogens with two attached hydrogens (primary N) is 1. The van der Waals surface area contributed by atoms with Crippen molar-refractivity contribution in [1.29, 1.82) is 0 Å². The van der Waals surface area contributed by atoms with Gasteiger partial charge in [0, 0.05) is 5.69 Å². The summed E-state index contributed by atoms with van der Waals surface area (Å²) in [6.45, 7) is 2.15. The molecular formula is C15H15Cl2NO. The van der Waals surface area contributed by atoms with Gasteiger partial charge in [-0.2, -0.15) is 0 Å². The fourth-order valence-electron chi connectivity index (χ4n) is 1.81. The van der Waals surface area contributed by atoms with Gasteiger partial charge in [-0.1, -0.05) is 48.7 Å². The third-order valence-corrected chi connectivity index (χ3v) is 3.26. The lowest BCUT2D eigenvalue weighted by molar-refractivity contribution is 0.483. The SMILES string of the molecule is CCCc1ccc(Oc2c(Cl)cc(N)cc2Cl)cc1. The summed E-state index contributed by atoms with van der Waals surface area (Å²) >= 11 is 12.2. The number of anilines is 1. The summed E-state index contributed by atoms with van der Waals surface area (Å²) in [5, 5.41) is 0.810. The molecule has 0 amide bonds. The summed E-state index contributed by atoms with van der Waals surface area (Å²) in [6, 6.07) is 11.1. The molecule has 0 saturated carbocycles. The zero-order valence-electron chi connectivity index (χ0n) is 10.6. The van der Waals surface area contributed by atoms with E-state index in [9.17, 15) is 0 Å². The van der Waals surface area contributed by atoms with E-state index in [0.29, 0.717) is 27.2 Å². The number of hydrogen-bond donors (Lipinski definition) is 1. The average molecular weight is 296 g/mol. The van der Waals surface area contributed by atoms with Crippen molar-refractivity contribution in [2.24, 2.45) is 0 Å². The molecule has 0 unspecified atom stereocenters. The minimum atomic E-state index is 0.405. The van der Waals surface area contributed by atoms with Crippen molar-refractivity contribution in [3.8, 4) is 11.5 Å². The first kappa shape index (κ1) is 14.0. The number of nitrogen functional groups attached to an aromatic ring is 1. The summed E-state index contributed by atoms with van der Waals surface area (Å²) in [5.41, 5.74) is 7.45. The Balaban J connectivity index is 2.21. The van der Waals surface area contributed by atoms with Crippen LogP contribution in [0.3, 0.4) is 0 Å². The molecule has 2 aromatic carbocycles.